The Labute approximate surface area is 120 Å². The predicted molar refractivity (Wildman–Crippen MR) is 78.6 cm³/mol. The van der Waals surface area contributed by atoms with E-state index in [2.05, 4.69) is 46.7 Å². The van der Waals surface area contributed by atoms with Gasteiger partial charge in [-0.3, -0.25) is 0 Å². The number of likely N-dealkylation sites (N-methyl/N-ethyl adjacent to an activating group) is 1. The Balaban J connectivity index is 1.75. The summed E-state index contributed by atoms with van der Waals surface area (Å²) in [4.78, 5) is 19.2. The number of nitrogens with zero attached hydrogens (tertiary/aromatic N) is 4. The van der Waals surface area contributed by atoms with E-state index in [1.165, 1.54) is 5.69 Å². The Morgan fingerprint density at radius 3 is 2.65 bits per heavy atom. The van der Waals surface area contributed by atoms with Crippen molar-refractivity contribution in [3.8, 4) is 0 Å². The van der Waals surface area contributed by atoms with Crippen molar-refractivity contribution in [2.45, 2.75) is 25.9 Å². The number of carbonyl (C=O) groups is 1. The maximum Gasteiger partial charge on any atom is 0.320 e. The molecule has 2 aliphatic rings. The van der Waals surface area contributed by atoms with Gasteiger partial charge in [0.15, 0.2) is 0 Å². The minimum absolute atomic E-state index is 0.220. The molecule has 1 saturated heterocycles. The van der Waals surface area contributed by atoms with Crippen LogP contribution < -0.4 is 0 Å². The predicted octanol–water partition coefficient (Wildman–Crippen LogP) is 1.62. The summed E-state index contributed by atoms with van der Waals surface area (Å²) in [7, 11) is 2.12. The fourth-order valence-corrected chi connectivity index (χ4v) is 3.30. The zero-order valence-electron chi connectivity index (χ0n) is 12.5. The fraction of sp³-hybridized carbons (Fsp3) is 0.667. The minimum Gasteiger partial charge on any atom is -0.348 e. The van der Waals surface area contributed by atoms with E-state index >= 15 is 0 Å². The molecule has 0 aliphatic carbocycles. The molecule has 2 amide bonds. The lowest BCUT2D eigenvalue weighted by Gasteiger charge is -2.41. The highest BCUT2D eigenvalue weighted by atomic mass is 16.2. The van der Waals surface area contributed by atoms with Crippen molar-refractivity contribution < 1.29 is 4.79 Å². The molecule has 2 aliphatic heterocycles. The van der Waals surface area contributed by atoms with Crippen LogP contribution >= 0.6 is 0 Å². The molecule has 20 heavy (non-hydrogen) atoms. The van der Waals surface area contributed by atoms with Gasteiger partial charge in [-0.05, 0) is 25.6 Å². The van der Waals surface area contributed by atoms with E-state index < -0.39 is 0 Å². The third-order valence-corrected chi connectivity index (χ3v) is 4.57. The van der Waals surface area contributed by atoms with Crippen LogP contribution in [0.4, 0.5) is 4.79 Å². The number of piperazine rings is 1. The monoisotopic (exact) mass is 276 g/mol. The number of hydrogen-bond donors (Lipinski definition) is 0. The first kappa shape index (κ1) is 13.5. The molecule has 110 valence electrons. The standard InChI is InChI=1S/C15H24N4O/c1-3-13-14-5-4-6-17(14)11-12-19(13)15(20)18-9-7-16(2)8-10-18/h4-6,13H,3,7-12H2,1-2H3/t13-/m0/s1. The van der Waals surface area contributed by atoms with Gasteiger partial charge < -0.3 is 19.3 Å². The summed E-state index contributed by atoms with van der Waals surface area (Å²) in [5, 5.41) is 0. The van der Waals surface area contributed by atoms with Crippen LogP contribution in [-0.4, -0.2) is 65.1 Å². The molecular formula is C15H24N4O. The van der Waals surface area contributed by atoms with Crippen LogP contribution in [-0.2, 0) is 6.54 Å². The van der Waals surface area contributed by atoms with Crippen molar-refractivity contribution in [2.75, 3.05) is 39.8 Å². The van der Waals surface area contributed by atoms with Crippen molar-refractivity contribution in [3.05, 3.63) is 24.0 Å². The maximum atomic E-state index is 12.8. The van der Waals surface area contributed by atoms with Gasteiger partial charge in [0.05, 0.1) is 6.04 Å². The summed E-state index contributed by atoms with van der Waals surface area (Å²) in [5.41, 5.74) is 1.28. The zero-order valence-corrected chi connectivity index (χ0v) is 12.5. The third-order valence-electron chi connectivity index (χ3n) is 4.57. The van der Waals surface area contributed by atoms with Gasteiger partial charge in [-0.25, -0.2) is 4.79 Å². The Bertz CT molecular complexity index is 476. The average molecular weight is 276 g/mol. The topological polar surface area (TPSA) is 31.7 Å². The van der Waals surface area contributed by atoms with E-state index in [0.717, 1.165) is 45.7 Å². The van der Waals surface area contributed by atoms with Crippen LogP contribution in [0.5, 0.6) is 0 Å². The number of aromatic nitrogens is 1. The molecule has 5 nitrogen and oxygen atoms in total. The summed E-state index contributed by atoms with van der Waals surface area (Å²) < 4.78 is 2.28. The summed E-state index contributed by atoms with van der Waals surface area (Å²) in [6, 6.07) is 4.68. The molecular weight excluding hydrogens is 252 g/mol. The van der Waals surface area contributed by atoms with Gasteiger partial charge in [-0.1, -0.05) is 6.92 Å². The van der Waals surface area contributed by atoms with Crippen LogP contribution in [0, 0.1) is 0 Å². The number of urea groups is 1. The summed E-state index contributed by atoms with van der Waals surface area (Å²) in [5.74, 6) is 0. The molecule has 0 N–H and O–H groups in total. The smallest absolute Gasteiger partial charge is 0.320 e. The van der Waals surface area contributed by atoms with Crippen molar-refractivity contribution in [2.24, 2.45) is 0 Å². The highest BCUT2D eigenvalue weighted by Crippen LogP contribution is 2.29. The number of carbonyl (C=O) groups excluding carboxylic acids is 1. The van der Waals surface area contributed by atoms with Gasteiger partial charge in [-0.2, -0.15) is 0 Å². The second kappa shape index (κ2) is 5.48. The highest BCUT2D eigenvalue weighted by Gasteiger charge is 2.32. The van der Waals surface area contributed by atoms with E-state index in [1.807, 2.05) is 4.90 Å². The molecule has 0 unspecified atom stereocenters. The van der Waals surface area contributed by atoms with E-state index in [1.54, 1.807) is 0 Å². The quantitative estimate of drug-likeness (QED) is 0.780. The second-order valence-corrected chi connectivity index (χ2v) is 5.82. The molecule has 1 fully saturated rings. The lowest BCUT2D eigenvalue weighted by molar-refractivity contribution is 0.0962. The van der Waals surface area contributed by atoms with E-state index in [4.69, 9.17) is 0 Å². The van der Waals surface area contributed by atoms with Crippen molar-refractivity contribution >= 4 is 6.03 Å². The molecule has 1 atom stereocenters. The van der Waals surface area contributed by atoms with E-state index in [9.17, 15) is 4.79 Å². The average Bonchev–Trinajstić information content (AvgIpc) is 2.94. The number of amides is 2. The SMILES string of the molecule is CC[C@H]1c2cccn2CCN1C(=O)N1CCN(C)CC1. The number of rotatable bonds is 1. The van der Waals surface area contributed by atoms with Crippen molar-refractivity contribution in [1.29, 1.82) is 0 Å². The Morgan fingerprint density at radius 2 is 1.95 bits per heavy atom. The minimum atomic E-state index is 0.220. The molecule has 1 aromatic rings. The van der Waals surface area contributed by atoms with Gasteiger partial charge >= 0.3 is 6.03 Å². The molecule has 0 bridgehead atoms. The maximum absolute atomic E-state index is 12.8. The lowest BCUT2D eigenvalue weighted by atomic mass is 10.1. The first-order valence-electron chi connectivity index (χ1n) is 7.60. The van der Waals surface area contributed by atoms with Gasteiger partial charge in [0, 0.05) is 51.2 Å². The molecule has 3 rings (SSSR count). The van der Waals surface area contributed by atoms with Crippen LogP contribution in [0.2, 0.25) is 0 Å². The lowest BCUT2D eigenvalue weighted by Crippen LogP contribution is -2.54. The second-order valence-electron chi connectivity index (χ2n) is 5.82. The molecule has 1 aromatic heterocycles. The molecule has 5 heteroatoms. The van der Waals surface area contributed by atoms with Crippen LogP contribution in [0.25, 0.3) is 0 Å². The third kappa shape index (κ3) is 2.30. The molecule has 0 radical (unpaired) electrons. The van der Waals surface area contributed by atoms with Gasteiger partial charge in [0.2, 0.25) is 0 Å². The van der Waals surface area contributed by atoms with E-state index in [0.29, 0.717) is 0 Å². The largest absolute Gasteiger partial charge is 0.348 e. The Morgan fingerprint density at radius 1 is 1.20 bits per heavy atom. The zero-order chi connectivity index (χ0) is 14.1. The fourth-order valence-electron chi connectivity index (χ4n) is 3.30. The van der Waals surface area contributed by atoms with E-state index in [-0.39, 0.29) is 12.1 Å². The van der Waals surface area contributed by atoms with Gasteiger partial charge in [0.1, 0.15) is 0 Å². The van der Waals surface area contributed by atoms with Gasteiger partial charge in [-0.15, -0.1) is 0 Å². The molecule has 0 saturated carbocycles. The van der Waals surface area contributed by atoms with Crippen LogP contribution in [0.1, 0.15) is 25.1 Å². The first-order valence-corrected chi connectivity index (χ1v) is 7.60. The normalized spacial score (nSPS) is 23.8. The first-order chi connectivity index (χ1) is 9.70. The van der Waals surface area contributed by atoms with Crippen LogP contribution in [0.15, 0.2) is 18.3 Å². The molecule has 3 heterocycles. The summed E-state index contributed by atoms with van der Waals surface area (Å²) in [6.45, 7) is 7.56. The molecule has 0 spiro atoms. The number of fused-ring (bicyclic) bond motifs is 1. The number of hydrogen-bond acceptors (Lipinski definition) is 2. The van der Waals surface area contributed by atoms with Crippen molar-refractivity contribution in [1.82, 2.24) is 19.3 Å². The Kier molecular flexibility index (Phi) is 3.70. The summed E-state index contributed by atoms with van der Waals surface area (Å²) >= 11 is 0. The van der Waals surface area contributed by atoms with Crippen LogP contribution in [0.3, 0.4) is 0 Å². The summed E-state index contributed by atoms with van der Waals surface area (Å²) in [6.07, 6.45) is 3.10. The Hall–Kier alpha value is -1.49. The van der Waals surface area contributed by atoms with Gasteiger partial charge in [0.25, 0.3) is 0 Å². The highest BCUT2D eigenvalue weighted by molar-refractivity contribution is 5.75. The molecule has 0 aromatic carbocycles. The van der Waals surface area contributed by atoms with Crippen molar-refractivity contribution in [3.63, 3.8) is 0 Å².